The molecular weight excluding hydrogens is 248 g/mol. The molecule has 0 bridgehead atoms. The summed E-state index contributed by atoms with van der Waals surface area (Å²) < 4.78 is 0. The quantitative estimate of drug-likeness (QED) is 0.563. The molecule has 2 heterocycles. The number of hydrogen-bond acceptors (Lipinski definition) is 4. The van der Waals surface area contributed by atoms with Gasteiger partial charge in [0.15, 0.2) is 0 Å². The summed E-state index contributed by atoms with van der Waals surface area (Å²) in [6, 6.07) is -0.754. The van der Waals surface area contributed by atoms with E-state index in [0.29, 0.717) is 12.1 Å². The van der Waals surface area contributed by atoms with E-state index in [1.807, 2.05) is 0 Å². The predicted molar refractivity (Wildman–Crippen MR) is 67.5 cm³/mol. The van der Waals surface area contributed by atoms with E-state index in [0.717, 1.165) is 19.4 Å². The molecule has 0 radical (unpaired) electrons. The molecule has 1 aliphatic heterocycles. The first-order chi connectivity index (χ1) is 9.15. The molecule has 0 spiro atoms. The van der Waals surface area contributed by atoms with E-state index in [1.54, 1.807) is 6.20 Å². The second kappa shape index (κ2) is 6.33. The Morgan fingerprint density at radius 3 is 3.00 bits per heavy atom. The van der Waals surface area contributed by atoms with Crippen LogP contribution in [0.15, 0.2) is 12.5 Å². The maximum absolute atomic E-state index is 11.8. The molecule has 0 aliphatic carbocycles. The number of aromatic amines is 1. The van der Waals surface area contributed by atoms with E-state index in [1.165, 1.54) is 6.33 Å². The molecule has 2 atom stereocenters. The first kappa shape index (κ1) is 13.5. The summed E-state index contributed by atoms with van der Waals surface area (Å²) in [5.41, 5.74) is 0.687. The molecule has 2 unspecified atom stereocenters. The second-order valence-corrected chi connectivity index (χ2v) is 4.74. The van der Waals surface area contributed by atoms with E-state index in [2.05, 4.69) is 20.6 Å². The van der Waals surface area contributed by atoms with Gasteiger partial charge in [0.05, 0.1) is 6.33 Å². The van der Waals surface area contributed by atoms with Crippen molar-refractivity contribution in [2.75, 3.05) is 6.54 Å². The van der Waals surface area contributed by atoms with Crippen LogP contribution in [0, 0.1) is 0 Å². The smallest absolute Gasteiger partial charge is 0.326 e. The van der Waals surface area contributed by atoms with Gasteiger partial charge < -0.3 is 20.7 Å². The monoisotopic (exact) mass is 266 g/mol. The Hall–Kier alpha value is -1.89. The molecule has 19 heavy (non-hydrogen) atoms. The molecule has 1 saturated heterocycles. The lowest BCUT2D eigenvalue weighted by molar-refractivity contribution is -0.141. The van der Waals surface area contributed by atoms with Crippen molar-refractivity contribution in [2.45, 2.75) is 37.8 Å². The Balaban J connectivity index is 1.85. The standard InChI is InChI=1S/C12H18N4O3/c17-11(5-8-2-1-3-14-8)16-10(12(18)19)4-9-6-13-7-15-9/h6-8,10,14H,1-5H2,(H,13,15)(H,16,17)(H,18,19). The van der Waals surface area contributed by atoms with Gasteiger partial charge in [-0.25, -0.2) is 9.78 Å². The third-order valence-corrected chi connectivity index (χ3v) is 3.21. The molecule has 0 aromatic carbocycles. The van der Waals surface area contributed by atoms with Gasteiger partial charge in [0, 0.05) is 30.8 Å². The van der Waals surface area contributed by atoms with E-state index in [9.17, 15) is 9.59 Å². The highest BCUT2D eigenvalue weighted by Crippen LogP contribution is 2.09. The minimum Gasteiger partial charge on any atom is -0.480 e. The van der Waals surface area contributed by atoms with Crippen LogP contribution in [-0.2, 0) is 16.0 Å². The fraction of sp³-hybridized carbons (Fsp3) is 0.583. The number of aliphatic carboxylic acids is 1. The van der Waals surface area contributed by atoms with Crippen molar-refractivity contribution in [2.24, 2.45) is 0 Å². The van der Waals surface area contributed by atoms with Gasteiger partial charge in [-0.1, -0.05) is 0 Å². The van der Waals surface area contributed by atoms with Gasteiger partial charge >= 0.3 is 5.97 Å². The zero-order valence-electron chi connectivity index (χ0n) is 10.6. The number of nitrogens with zero attached hydrogens (tertiary/aromatic N) is 1. The number of rotatable bonds is 6. The van der Waals surface area contributed by atoms with E-state index >= 15 is 0 Å². The Morgan fingerprint density at radius 1 is 1.58 bits per heavy atom. The summed E-state index contributed by atoms with van der Waals surface area (Å²) in [6.45, 7) is 0.925. The fourth-order valence-electron chi connectivity index (χ4n) is 2.22. The number of nitrogens with one attached hydrogen (secondary N) is 3. The number of carbonyl (C=O) groups excluding carboxylic acids is 1. The Bertz CT molecular complexity index is 426. The van der Waals surface area contributed by atoms with Crippen molar-refractivity contribution in [1.82, 2.24) is 20.6 Å². The Kier molecular flexibility index (Phi) is 4.51. The number of amides is 1. The topological polar surface area (TPSA) is 107 Å². The summed E-state index contributed by atoms with van der Waals surface area (Å²) >= 11 is 0. The van der Waals surface area contributed by atoms with Gasteiger partial charge in [0.25, 0.3) is 0 Å². The Morgan fingerprint density at radius 2 is 2.42 bits per heavy atom. The highest BCUT2D eigenvalue weighted by atomic mass is 16.4. The average Bonchev–Trinajstić information content (AvgIpc) is 3.00. The van der Waals surface area contributed by atoms with Crippen LogP contribution in [0.3, 0.4) is 0 Å². The maximum atomic E-state index is 11.8. The van der Waals surface area contributed by atoms with Gasteiger partial charge in [0.1, 0.15) is 6.04 Å². The second-order valence-electron chi connectivity index (χ2n) is 4.74. The van der Waals surface area contributed by atoms with Crippen LogP contribution >= 0.6 is 0 Å². The zero-order valence-corrected chi connectivity index (χ0v) is 10.6. The number of carbonyl (C=O) groups is 2. The molecule has 0 saturated carbocycles. The predicted octanol–water partition coefficient (Wildman–Crippen LogP) is -0.336. The molecule has 2 rings (SSSR count). The molecule has 104 valence electrons. The van der Waals surface area contributed by atoms with Crippen LogP contribution in [0.4, 0.5) is 0 Å². The van der Waals surface area contributed by atoms with Gasteiger partial charge in [-0.3, -0.25) is 4.79 Å². The minimum atomic E-state index is -1.04. The largest absolute Gasteiger partial charge is 0.480 e. The molecule has 7 nitrogen and oxygen atoms in total. The number of carboxylic acids is 1. The van der Waals surface area contributed by atoms with Gasteiger partial charge in [0.2, 0.25) is 5.91 Å². The fourth-order valence-corrected chi connectivity index (χ4v) is 2.22. The normalized spacial score (nSPS) is 20.1. The summed E-state index contributed by atoms with van der Waals surface area (Å²) in [7, 11) is 0. The lowest BCUT2D eigenvalue weighted by Gasteiger charge is -2.15. The first-order valence-corrected chi connectivity index (χ1v) is 6.38. The van der Waals surface area contributed by atoms with Gasteiger partial charge in [-0.15, -0.1) is 0 Å². The van der Waals surface area contributed by atoms with Crippen molar-refractivity contribution < 1.29 is 14.7 Å². The molecule has 1 amide bonds. The summed E-state index contributed by atoms with van der Waals surface area (Å²) in [6.07, 6.45) is 5.60. The molecular formula is C12H18N4O3. The van der Waals surface area contributed by atoms with Crippen LogP contribution < -0.4 is 10.6 Å². The SMILES string of the molecule is O=C(CC1CCCN1)NC(Cc1cnc[nH]1)C(=O)O. The highest BCUT2D eigenvalue weighted by Gasteiger charge is 2.23. The minimum absolute atomic E-state index is 0.168. The van der Waals surface area contributed by atoms with Crippen molar-refractivity contribution in [3.8, 4) is 0 Å². The molecule has 1 aromatic rings. The van der Waals surface area contributed by atoms with Crippen molar-refractivity contribution >= 4 is 11.9 Å². The molecule has 1 aliphatic rings. The van der Waals surface area contributed by atoms with Crippen LogP contribution in [0.25, 0.3) is 0 Å². The Labute approximate surface area is 110 Å². The van der Waals surface area contributed by atoms with Crippen LogP contribution in [0.5, 0.6) is 0 Å². The molecule has 4 N–H and O–H groups in total. The maximum Gasteiger partial charge on any atom is 0.326 e. The number of imidazole rings is 1. The van der Waals surface area contributed by atoms with Gasteiger partial charge in [-0.05, 0) is 19.4 Å². The van der Waals surface area contributed by atoms with Crippen molar-refractivity contribution in [1.29, 1.82) is 0 Å². The van der Waals surface area contributed by atoms with Crippen molar-refractivity contribution in [3.05, 3.63) is 18.2 Å². The summed E-state index contributed by atoms with van der Waals surface area (Å²) in [4.78, 5) is 29.6. The number of hydrogen-bond donors (Lipinski definition) is 4. The number of aromatic nitrogens is 2. The summed E-state index contributed by atoms with van der Waals surface area (Å²) in [5.74, 6) is -1.27. The number of H-pyrrole nitrogens is 1. The van der Waals surface area contributed by atoms with Crippen LogP contribution in [0.2, 0.25) is 0 Å². The molecule has 1 fully saturated rings. The highest BCUT2D eigenvalue weighted by molar-refractivity contribution is 5.84. The summed E-state index contributed by atoms with van der Waals surface area (Å²) in [5, 5.41) is 14.9. The first-order valence-electron chi connectivity index (χ1n) is 6.38. The third kappa shape index (κ3) is 4.06. The molecule has 1 aromatic heterocycles. The number of carboxylic acid groups (broad SMARTS) is 1. The van der Waals surface area contributed by atoms with E-state index < -0.39 is 12.0 Å². The van der Waals surface area contributed by atoms with Crippen molar-refractivity contribution in [3.63, 3.8) is 0 Å². The van der Waals surface area contributed by atoms with Gasteiger partial charge in [-0.2, -0.15) is 0 Å². The van der Waals surface area contributed by atoms with Crippen LogP contribution in [-0.4, -0.2) is 45.6 Å². The van der Waals surface area contributed by atoms with Crippen LogP contribution in [0.1, 0.15) is 25.0 Å². The lowest BCUT2D eigenvalue weighted by Crippen LogP contribution is -2.44. The van der Waals surface area contributed by atoms with E-state index in [-0.39, 0.29) is 18.4 Å². The average molecular weight is 266 g/mol. The lowest BCUT2D eigenvalue weighted by atomic mass is 10.1. The van der Waals surface area contributed by atoms with E-state index in [4.69, 9.17) is 5.11 Å². The zero-order chi connectivity index (χ0) is 13.7. The molecule has 7 heteroatoms. The third-order valence-electron chi connectivity index (χ3n) is 3.21.